The van der Waals surface area contributed by atoms with E-state index in [1.54, 1.807) is 6.08 Å². The summed E-state index contributed by atoms with van der Waals surface area (Å²) in [6, 6.07) is 0. The van der Waals surface area contributed by atoms with Crippen LogP contribution in [0.3, 0.4) is 0 Å². The molecule has 21 heavy (non-hydrogen) atoms. The average molecular weight is 294 g/mol. The molecule has 2 heterocycles. The van der Waals surface area contributed by atoms with Gasteiger partial charge in [-0.1, -0.05) is 30.4 Å². The number of hydrogen-bond donors (Lipinski definition) is 1. The van der Waals surface area contributed by atoms with E-state index in [0.717, 1.165) is 6.42 Å². The number of ether oxygens (including phenoxy) is 3. The van der Waals surface area contributed by atoms with Gasteiger partial charge >= 0.3 is 5.97 Å². The summed E-state index contributed by atoms with van der Waals surface area (Å²) in [6.45, 7) is 5.29. The second-order valence-electron chi connectivity index (χ2n) is 5.19. The summed E-state index contributed by atoms with van der Waals surface area (Å²) in [7, 11) is 0. The lowest BCUT2D eigenvalue weighted by Gasteiger charge is -2.31. The fraction of sp³-hybridized carbons (Fsp3) is 0.562. The molecule has 0 radical (unpaired) electrons. The minimum absolute atomic E-state index is 0.00765. The van der Waals surface area contributed by atoms with Crippen molar-refractivity contribution in [3.05, 3.63) is 37.0 Å². The van der Waals surface area contributed by atoms with Crippen LogP contribution < -0.4 is 0 Å². The van der Waals surface area contributed by atoms with Gasteiger partial charge in [-0.2, -0.15) is 0 Å². The van der Waals surface area contributed by atoms with Crippen molar-refractivity contribution in [2.45, 2.75) is 50.3 Å². The standard InChI is InChI=1S/C16H22O5/c1-3-4-12-5-7-16-15(20-12)8-6-13(18)14(21-16)9-10-19-11(2)17/h3,5-8,12-16,18H,1,4,9-10H2,2H3/t12-,13-,14-,15-,16+/m0/s1. The lowest BCUT2D eigenvalue weighted by Crippen LogP contribution is -2.38. The van der Waals surface area contributed by atoms with Gasteiger partial charge in [0.25, 0.3) is 0 Å². The van der Waals surface area contributed by atoms with Crippen molar-refractivity contribution in [1.82, 2.24) is 0 Å². The first kappa shape index (κ1) is 15.9. The van der Waals surface area contributed by atoms with Gasteiger partial charge < -0.3 is 19.3 Å². The van der Waals surface area contributed by atoms with Crippen molar-refractivity contribution in [2.24, 2.45) is 0 Å². The van der Waals surface area contributed by atoms with Gasteiger partial charge in [0.2, 0.25) is 0 Å². The topological polar surface area (TPSA) is 65.0 Å². The number of esters is 1. The Hall–Kier alpha value is -1.43. The van der Waals surface area contributed by atoms with Gasteiger partial charge in [0.1, 0.15) is 12.2 Å². The number of carbonyl (C=O) groups is 1. The summed E-state index contributed by atoms with van der Waals surface area (Å²) in [5.41, 5.74) is 0. The summed E-state index contributed by atoms with van der Waals surface area (Å²) in [4.78, 5) is 10.8. The zero-order chi connectivity index (χ0) is 15.2. The van der Waals surface area contributed by atoms with E-state index in [1.807, 2.05) is 24.3 Å². The maximum atomic E-state index is 10.8. The Kier molecular flexibility index (Phi) is 5.73. The van der Waals surface area contributed by atoms with Crippen LogP contribution in [0.1, 0.15) is 19.8 Å². The molecule has 2 rings (SSSR count). The molecule has 1 N–H and O–H groups in total. The molecule has 0 bridgehead atoms. The Morgan fingerprint density at radius 3 is 2.71 bits per heavy atom. The summed E-state index contributed by atoms with van der Waals surface area (Å²) < 4.78 is 16.7. The normalized spacial score (nSPS) is 34.9. The van der Waals surface area contributed by atoms with Crippen LogP contribution in [-0.2, 0) is 19.0 Å². The van der Waals surface area contributed by atoms with Gasteiger partial charge in [-0.25, -0.2) is 0 Å². The molecule has 116 valence electrons. The van der Waals surface area contributed by atoms with Crippen LogP contribution >= 0.6 is 0 Å². The van der Waals surface area contributed by atoms with Crippen LogP contribution in [0.5, 0.6) is 0 Å². The molecule has 0 aromatic rings. The maximum absolute atomic E-state index is 10.8. The molecule has 5 heteroatoms. The summed E-state index contributed by atoms with van der Waals surface area (Å²) in [5.74, 6) is -0.334. The zero-order valence-electron chi connectivity index (χ0n) is 12.2. The first-order chi connectivity index (χ1) is 10.1. The number of fused-ring (bicyclic) bond motifs is 1. The van der Waals surface area contributed by atoms with E-state index in [9.17, 15) is 9.90 Å². The Balaban J connectivity index is 1.96. The van der Waals surface area contributed by atoms with E-state index in [-0.39, 0.29) is 30.9 Å². The molecule has 0 amide bonds. The van der Waals surface area contributed by atoms with Gasteiger partial charge in [0, 0.05) is 13.3 Å². The van der Waals surface area contributed by atoms with Crippen LogP contribution in [0.4, 0.5) is 0 Å². The fourth-order valence-corrected chi connectivity index (χ4v) is 2.43. The highest BCUT2D eigenvalue weighted by molar-refractivity contribution is 5.65. The Morgan fingerprint density at radius 2 is 2.00 bits per heavy atom. The monoisotopic (exact) mass is 294 g/mol. The highest BCUT2D eigenvalue weighted by atomic mass is 16.6. The molecule has 0 saturated heterocycles. The van der Waals surface area contributed by atoms with Crippen LogP contribution in [0.25, 0.3) is 0 Å². The fourth-order valence-electron chi connectivity index (χ4n) is 2.43. The summed E-state index contributed by atoms with van der Waals surface area (Å²) in [6.07, 6.45) is 8.83. The van der Waals surface area contributed by atoms with Crippen LogP contribution in [0, 0.1) is 0 Å². The zero-order valence-corrected chi connectivity index (χ0v) is 12.2. The number of rotatable bonds is 5. The van der Waals surface area contributed by atoms with Gasteiger partial charge in [0.05, 0.1) is 24.9 Å². The molecule has 0 aliphatic carbocycles. The third-order valence-electron chi connectivity index (χ3n) is 3.49. The highest BCUT2D eigenvalue weighted by Crippen LogP contribution is 2.25. The van der Waals surface area contributed by atoms with Crippen molar-refractivity contribution >= 4 is 5.97 Å². The lowest BCUT2D eigenvalue weighted by molar-refractivity contribution is -0.144. The lowest BCUT2D eigenvalue weighted by atomic mass is 10.1. The molecule has 0 aromatic carbocycles. The second-order valence-corrected chi connectivity index (χ2v) is 5.19. The molecular formula is C16H22O5. The molecule has 0 saturated carbocycles. The molecule has 5 nitrogen and oxygen atoms in total. The smallest absolute Gasteiger partial charge is 0.302 e. The molecule has 0 unspecified atom stereocenters. The Morgan fingerprint density at radius 1 is 1.29 bits per heavy atom. The first-order valence-electron chi connectivity index (χ1n) is 7.20. The van der Waals surface area contributed by atoms with E-state index >= 15 is 0 Å². The van der Waals surface area contributed by atoms with Crippen molar-refractivity contribution in [3.8, 4) is 0 Å². The van der Waals surface area contributed by atoms with E-state index < -0.39 is 12.2 Å². The molecule has 0 spiro atoms. The third-order valence-corrected chi connectivity index (χ3v) is 3.49. The van der Waals surface area contributed by atoms with Crippen molar-refractivity contribution < 1.29 is 24.1 Å². The quantitative estimate of drug-likeness (QED) is 0.615. The minimum Gasteiger partial charge on any atom is -0.466 e. The summed E-state index contributed by atoms with van der Waals surface area (Å²) in [5, 5.41) is 10.1. The maximum Gasteiger partial charge on any atom is 0.302 e. The van der Waals surface area contributed by atoms with E-state index in [1.165, 1.54) is 6.92 Å². The first-order valence-corrected chi connectivity index (χ1v) is 7.20. The van der Waals surface area contributed by atoms with E-state index in [4.69, 9.17) is 14.2 Å². The van der Waals surface area contributed by atoms with Crippen LogP contribution in [0.2, 0.25) is 0 Å². The second kappa shape index (κ2) is 7.54. The van der Waals surface area contributed by atoms with E-state index in [2.05, 4.69) is 6.58 Å². The van der Waals surface area contributed by atoms with Crippen LogP contribution in [-0.4, -0.2) is 48.2 Å². The van der Waals surface area contributed by atoms with Crippen molar-refractivity contribution in [3.63, 3.8) is 0 Å². The van der Waals surface area contributed by atoms with Crippen molar-refractivity contribution in [2.75, 3.05) is 6.61 Å². The molecule has 5 atom stereocenters. The number of aliphatic hydroxyl groups is 1. The third kappa shape index (κ3) is 4.52. The van der Waals surface area contributed by atoms with Gasteiger partial charge in [0.15, 0.2) is 0 Å². The summed E-state index contributed by atoms with van der Waals surface area (Å²) >= 11 is 0. The average Bonchev–Trinajstić information content (AvgIpc) is 2.59. The number of aliphatic hydroxyl groups excluding tert-OH is 1. The van der Waals surface area contributed by atoms with Crippen LogP contribution in [0.15, 0.2) is 37.0 Å². The number of carbonyl (C=O) groups excluding carboxylic acids is 1. The minimum atomic E-state index is -0.735. The largest absolute Gasteiger partial charge is 0.466 e. The SMILES string of the molecule is C=CC[C@H]1C=C[C@H]2O[C@@H](CCOC(C)=O)[C@@H](O)C=C[C@@H]2O1. The molecule has 0 fully saturated rings. The van der Waals surface area contributed by atoms with E-state index in [0.29, 0.717) is 6.42 Å². The van der Waals surface area contributed by atoms with Gasteiger partial charge in [-0.05, 0) is 6.42 Å². The predicted molar refractivity (Wildman–Crippen MR) is 77.7 cm³/mol. The molecule has 0 aromatic heterocycles. The molecular weight excluding hydrogens is 272 g/mol. The predicted octanol–water partition coefficient (Wildman–Crippen LogP) is 1.52. The Bertz CT molecular complexity index is 428. The van der Waals surface area contributed by atoms with Crippen molar-refractivity contribution in [1.29, 1.82) is 0 Å². The highest BCUT2D eigenvalue weighted by Gasteiger charge is 2.32. The van der Waals surface area contributed by atoms with Gasteiger partial charge in [-0.15, -0.1) is 6.58 Å². The number of hydrogen-bond acceptors (Lipinski definition) is 5. The van der Waals surface area contributed by atoms with Gasteiger partial charge in [-0.3, -0.25) is 4.79 Å². The Labute approximate surface area is 124 Å². The molecule has 2 aliphatic heterocycles. The molecule has 2 aliphatic rings.